The fourth-order valence-corrected chi connectivity index (χ4v) is 6.66. The van der Waals surface area contributed by atoms with Crippen LogP contribution in [-0.4, -0.2) is 21.3 Å². The lowest BCUT2D eigenvalue weighted by Crippen LogP contribution is -2.32. The van der Waals surface area contributed by atoms with Gasteiger partial charge < -0.3 is 4.74 Å². The summed E-state index contributed by atoms with van der Waals surface area (Å²) >= 11 is 0. The largest absolute Gasteiger partial charge is 0.381 e. The standard InChI is InChI=1S/C17H36OSi/c1-4-19(5-2,6-3)15-14-18-16-17-12-10-8-7-9-11-13-17/h17H,4-16H2,1-3H3. The van der Waals surface area contributed by atoms with Crippen molar-refractivity contribution in [2.75, 3.05) is 13.2 Å². The van der Waals surface area contributed by atoms with E-state index in [4.69, 9.17) is 4.74 Å². The summed E-state index contributed by atoms with van der Waals surface area (Å²) in [6.45, 7) is 9.27. The first-order valence-electron chi connectivity index (χ1n) is 8.84. The third-order valence-corrected chi connectivity index (χ3v) is 11.4. The van der Waals surface area contributed by atoms with E-state index in [0.29, 0.717) is 0 Å². The summed E-state index contributed by atoms with van der Waals surface area (Å²) in [5.41, 5.74) is 0. The van der Waals surface area contributed by atoms with Crippen molar-refractivity contribution in [1.29, 1.82) is 0 Å². The van der Waals surface area contributed by atoms with Crippen LogP contribution in [0.1, 0.15) is 65.7 Å². The Hall–Kier alpha value is 0.177. The lowest BCUT2D eigenvalue weighted by atomic mass is 9.92. The molecule has 0 aromatic rings. The lowest BCUT2D eigenvalue weighted by Gasteiger charge is -2.28. The number of ether oxygens (including phenoxy) is 1. The number of hydrogen-bond acceptors (Lipinski definition) is 1. The van der Waals surface area contributed by atoms with E-state index in [1.165, 1.54) is 69.1 Å². The van der Waals surface area contributed by atoms with Crippen LogP contribution in [0.3, 0.4) is 0 Å². The van der Waals surface area contributed by atoms with Gasteiger partial charge in [0.2, 0.25) is 0 Å². The highest BCUT2D eigenvalue weighted by atomic mass is 28.3. The molecule has 0 saturated heterocycles. The van der Waals surface area contributed by atoms with Crippen molar-refractivity contribution in [2.45, 2.75) is 89.9 Å². The van der Waals surface area contributed by atoms with E-state index < -0.39 is 8.07 Å². The molecule has 114 valence electrons. The van der Waals surface area contributed by atoms with Gasteiger partial charge in [0, 0.05) is 13.2 Å². The predicted molar refractivity (Wildman–Crippen MR) is 88.6 cm³/mol. The first kappa shape index (κ1) is 17.2. The van der Waals surface area contributed by atoms with Gasteiger partial charge in [-0.3, -0.25) is 0 Å². The second kappa shape index (κ2) is 9.98. The Bertz CT molecular complexity index is 197. The van der Waals surface area contributed by atoms with Crippen LogP contribution >= 0.6 is 0 Å². The Balaban J connectivity index is 2.17. The third kappa shape index (κ3) is 6.44. The minimum Gasteiger partial charge on any atom is -0.381 e. The molecule has 0 atom stereocenters. The molecule has 1 fully saturated rings. The second-order valence-corrected chi connectivity index (χ2v) is 12.2. The highest BCUT2D eigenvalue weighted by molar-refractivity contribution is 6.79. The summed E-state index contributed by atoms with van der Waals surface area (Å²) in [7, 11) is -0.947. The van der Waals surface area contributed by atoms with Crippen LogP contribution < -0.4 is 0 Å². The van der Waals surface area contributed by atoms with Crippen LogP contribution in [0.4, 0.5) is 0 Å². The highest BCUT2D eigenvalue weighted by Gasteiger charge is 2.26. The average molecular weight is 285 g/mol. The van der Waals surface area contributed by atoms with Crippen molar-refractivity contribution in [3.63, 3.8) is 0 Å². The zero-order chi connectivity index (χ0) is 14.0. The molecule has 19 heavy (non-hydrogen) atoms. The molecule has 2 heteroatoms. The predicted octanol–water partition coefficient (Wildman–Crippen LogP) is 5.87. The monoisotopic (exact) mass is 284 g/mol. The Morgan fingerprint density at radius 2 is 1.37 bits per heavy atom. The van der Waals surface area contributed by atoms with Crippen molar-refractivity contribution >= 4 is 8.07 Å². The van der Waals surface area contributed by atoms with Gasteiger partial charge in [-0.25, -0.2) is 0 Å². The fraction of sp³-hybridized carbons (Fsp3) is 1.00. The summed E-state index contributed by atoms with van der Waals surface area (Å²) in [5, 5.41) is 0. The summed E-state index contributed by atoms with van der Waals surface area (Å²) in [4.78, 5) is 0. The Morgan fingerprint density at radius 1 is 0.842 bits per heavy atom. The molecule has 0 spiro atoms. The Kier molecular flexibility index (Phi) is 9.05. The van der Waals surface area contributed by atoms with Gasteiger partial charge >= 0.3 is 0 Å². The molecular weight excluding hydrogens is 248 g/mol. The van der Waals surface area contributed by atoms with Crippen molar-refractivity contribution in [3.8, 4) is 0 Å². The molecular formula is C17H36OSi. The molecule has 1 nitrogen and oxygen atoms in total. The maximum atomic E-state index is 6.07. The van der Waals surface area contributed by atoms with E-state index >= 15 is 0 Å². The van der Waals surface area contributed by atoms with E-state index in [2.05, 4.69) is 20.8 Å². The molecule has 0 heterocycles. The first-order valence-corrected chi connectivity index (χ1v) is 11.7. The van der Waals surface area contributed by atoms with Crippen LogP contribution in [0.15, 0.2) is 0 Å². The van der Waals surface area contributed by atoms with Gasteiger partial charge in [0.05, 0.1) is 8.07 Å². The van der Waals surface area contributed by atoms with Crippen molar-refractivity contribution in [1.82, 2.24) is 0 Å². The highest BCUT2D eigenvalue weighted by Crippen LogP contribution is 2.26. The summed E-state index contributed by atoms with van der Waals surface area (Å²) in [6, 6.07) is 5.70. The molecule has 0 bridgehead atoms. The molecule has 0 N–H and O–H groups in total. The molecule has 1 saturated carbocycles. The average Bonchev–Trinajstić information content (AvgIpc) is 2.41. The molecule has 0 amide bonds. The number of hydrogen-bond donors (Lipinski definition) is 0. The molecule has 1 aliphatic rings. The van der Waals surface area contributed by atoms with E-state index in [1.54, 1.807) is 0 Å². The van der Waals surface area contributed by atoms with Crippen LogP contribution in [0.2, 0.25) is 24.2 Å². The summed E-state index contributed by atoms with van der Waals surface area (Å²) < 4.78 is 6.07. The van der Waals surface area contributed by atoms with Gasteiger partial charge in [0.15, 0.2) is 0 Å². The lowest BCUT2D eigenvalue weighted by molar-refractivity contribution is 0.0985. The zero-order valence-electron chi connectivity index (χ0n) is 13.7. The Morgan fingerprint density at radius 3 is 1.89 bits per heavy atom. The Labute approximate surface area is 122 Å². The maximum absolute atomic E-state index is 6.07. The van der Waals surface area contributed by atoms with E-state index in [9.17, 15) is 0 Å². The molecule has 0 aromatic carbocycles. The third-order valence-electron chi connectivity index (χ3n) is 5.61. The minimum absolute atomic E-state index is 0.862. The summed E-state index contributed by atoms with van der Waals surface area (Å²) in [5.74, 6) is 0.862. The topological polar surface area (TPSA) is 9.23 Å². The smallest absolute Gasteiger partial charge is 0.0550 e. The molecule has 1 aliphatic carbocycles. The molecule has 0 unspecified atom stereocenters. The maximum Gasteiger partial charge on any atom is 0.0550 e. The summed E-state index contributed by atoms with van der Waals surface area (Å²) in [6.07, 6.45) is 10.1. The SMILES string of the molecule is CC[Si](CC)(CC)CCOCC1CCCCCCC1. The van der Waals surface area contributed by atoms with Gasteiger partial charge in [0.25, 0.3) is 0 Å². The van der Waals surface area contributed by atoms with Crippen LogP contribution in [0.5, 0.6) is 0 Å². The first-order chi connectivity index (χ1) is 9.26. The van der Waals surface area contributed by atoms with Gasteiger partial charge in [-0.15, -0.1) is 0 Å². The van der Waals surface area contributed by atoms with E-state index in [-0.39, 0.29) is 0 Å². The van der Waals surface area contributed by atoms with Gasteiger partial charge in [0.1, 0.15) is 0 Å². The van der Waals surface area contributed by atoms with Gasteiger partial charge in [-0.1, -0.05) is 71.0 Å². The molecule has 0 radical (unpaired) electrons. The van der Waals surface area contributed by atoms with E-state index in [1.807, 2.05) is 0 Å². The van der Waals surface area contributed by atoms with Crippen molar-refractivity contribution in [2.24, 2.45) is 5.92 Å². The van der Waals surface area contributed by atoms with Crippen LogP contribution in [0, 0.1) is 5.92 Å². The molecule has 0 aliphatic heterocycles. The van der Waals surface area contributed by atoms with Gasteiger partial charge in [-0.05, 0) is 24.8 Å². The van der Waals surface area contributed by atoms with Crippen LogP contribution in [0.25, 0.3) is 0 Å². The fourth-order valence-electron chi connectivity index (χ4n) is 3.53. The molecule has 1 rings (SSSR count). The minimum atomic E-state index is -0.947. The normalized spacial score (nSPS) is 19.1. The van der Waals surface area contributed by atoms with E-state index in [0.717, 1.165) is 19.1 Å². The van der Waals surface area contributed by atoms with Crippen molar-refractivity contribution < 1.29 is 4.74 Å². The number of rotatable bonds is 8. The zero-order valence-corrected chi connectivity index (χ0v) is 14.7. The van der Waals surface area contributed by atoms with Crippen molar-refractivity contribution in [3.05, 3.63) is 0 Å². The quantitative estimate of drug-likeness (QED) is 0.400. The van der Waals surface area contributed by atoms with Crippen LogP contribution in [-0.2, 0) is 4.74 Å². The second-order valence-electron chi connectivity index (χ2n) is 6.60. The van der Waals surface area contributed by atoms with Gasteiger partial charge in [-0.2, -0.15) is 0 Å². The molecule has 0 aromatic heterocycles.